The van der Waals surface area contributed by atoms with Crippen molar-refractivity contribution in [2.45, 2.75) is 0 Å². The van der Waals surface area contributed by atoms with E-state index in [1.54, 1.807) is 6.20 Å². The van der Waals surface area contributed by atoms with Crippen LogP contribution in [0, 0.1) is 5.41 Å². The second-order valence-corrected chi connectivity index (χ2v) is 3.72. The van der Waals surface area contributed by atoms with Crippen molar-refractivity contribution in [3.63, 3.8) is 0 Å². The number of nitrogens with zero attached hydrogens (tertiary/aromatic N) is 1. The van der Waals surface area contributed by atoms with E-state index in [-0.39, 0.29) is 12.0 Å². The molecule has 2 heterocycles. The summed E-state index contributed by atoms with van der Waals surface area (Å²) < 4.78 is 5.10. The molecule has 4 heteroatoms. The molecule has 0 atom stereocenters. The Kier molecular flexibility index (Phi) is 2.65. The topological polar surface area (TPSA) is 54.4 Å². The Labute approximate surface area is 82.9 Å². The number of ether oxygens (including phenoxy) is 1. The fourth-order valence-electron chi connectivity index (χ4n) is 1.39. The monoisotopic (exact) mass is 194 g/mol. The molecule has 1 aliphatic heterocycles. The van der Waals surface area contributed by atoms with Gasteiger partial charge in [0.25, 0.3) is 0 Å². The molecule has 2 N–H and O–H groups in total. The van der Waals surface area contributed by atoms with Crippen LogP contribution in [0.5, 0.6) is 0 Å². The first kappa shape index (κ1) is 9.43. The molecule has 1 fully saturated rings. The lowest BCUT2D eigenvalue weighted by molar-refractivity contribution is -0.128. The number of hydrogen-bond acceptors (Lipinski definition) is 4. The Morgan fingerprint density at radius 1 is 1.50 bits per heavy atom. The summed E-state index contributed by atoms with van der Waals surface area (Å²) in [4.78, 5) is 4.14. The number of anilines is 1. The third-order valence-corrected chi connectivity index (χ3v) is 2.46. The molecule has 0 amide bonds. The summed E-state index contributed by atoms with van der Waals surface area (Å²) in [7, 11) is 0. The van der Waals surface area contributed by atoms with Gasteiger partial charge in [0.05, 0.1) is 25.2 Å². The molecule has 0 radical (unpaired) electrons. The van der Waals surface area contributed by atoms with E-state index >= 15 is 0 Å². The zero-order chi connectivity index (χ0) is 9.86. The van der Waals surface area contributed by atoms with Gasteiger partial charge in [-0.05, 0) is 12.1 Å². The van der Waals surface area contributed by atoms with Crippen LogP contribution in [0.2, 0.25) is 0 Å². The molecule has 1 saturated heterocycles. The Hall–Kier alpha value is -1.13. The molecular formula is C10H14N2O2. The predicted octanol–water partition coefficient (Wildman–Crippen LogP) is 0.502. The van der Waals surface area contributed by atoms with Gasteiger partial charge in [-0.1, -0.05) is 6.07 Å². The normalized spacial score (nSPS) is 18.6. The number of aliphatic hydroxyl groups is 1. The minimum atomic E-state index is -0.0997. The van der Waals surface area contributed by atoms with E-state index in [0.717, 1.165) is 5.82 Å². The largest absolute Gasteiger partial charge is 0.396 e. The summed E-state index contributed by atoms with van der Waals surface area (Å²) >= 11 is 0. The van der Waals surface area contributed by atoms with Crippen molar-refractivity contribution >= 4 is 5.82 Å². The van der Waals surface area contributed by atoms with Crippen LogP contribution in [0.1, 0.15) is 0 Å². The highest BCUT2D eigenvalue weighted by atomic mass is 16.5. The Morgan fingerprint density at radius 3 is 2.86 bits per heavy atom. The highest BCUT2D eigenvalue weighted by molar-refractivity contribution is 5.33. The van der Waals surface area contributed by atoms with Crippen molar-refractivity contribution in [3.8, 4) is 0 Å². The van der Waals surface area contributed by atoms with Gasteiger partial charge in [0.15, 0.2) is 0 Å². The van der Waals surface area contributed by atoms with Crippen LogP contribution in [-0.4, -0.2) is 36.5 Å². The highest BCUT2D eigenvalue weighted by Crippen LogP contribution is 2.26. The summed E-state index contributed by atoms with van der Waals surface area (Å²) in [5, 5.41) is 12.4. The van der Waals surface area contributed by atoms with E-state index in [2.05, 4.69) is 10.3 Å². The molecule has 0 saturated carbocycles. The zero-order valence-electron chi connectivity index (χ0n) is 7.94. The van der Waals surface area contributed by atoms with Crippen molar-refractivity contribution in [1.82, 2.24) is 4.98 Å². The molecule has 76 valence electrons. The van der Waals surface area contributed by atoms with Crippen LogP contribution in [0.4, 0.5) is 5.82 Å². The van der Waals surface area contributed by atoms with Crippen molar-refractivity contribution < 1.29 is 9.84 Å². The fourth-order valence-corrected chi connectivity index (χ4v) is 1.39. The van der Waals surface area contributed by atoms with E-state index in [9.17, 15) is 5.11 Å². The van der Waals surface area contributed by atoms with E-state index in [1.165, 1.54) is 0 Å². The first-order valence-corrected chi connectivity index (χ1v) is 4.68. The fraction of sp³-hybridized carbons (Fsp3) is 0.500. The van der Waals surface area contributed by atoms with Gasteiger partial charge in [0.2, 0.25) is 0 Å². The number of nitrogens with one attached hydrogen (secondary N) is 1. The average molecular weight is 194 g/mol. The molecule has 0 unspecified atom stereocenters. The van der Waals surface area contributed by atoms with Crippen LogP contribution in [-0.2, 0) is 4.74 Å². The van der Waals surface area contributed by atoms with E-state index in [4.69, 9.17) is 4.74 Å². The summed E-state index contributed by atoms with van der Waals surface area (Å²) in [6.07, 6.45) is 1.74. The van der Waals surface area contributed by atoms with Crippen molar-refractivity contribution in [2.75, 3.05) is 31.7 Å². The second kappa shape index (κ2) is 3.94. The van der Waals surface area contributed by atoms with Gasteiger partial charge >= 0.3 is 0 Å². The summed E-state index contributed by atoms with van der Waals surface area (Å²) in [6, 6.07) is 5.71. The third kappa shape index (κ3) is 1.86. The smallest absolute Gasteiger partial charge is 0.125 e. The standard InChI is InChI=1S/C10H14N2O2/c13-6-10(7-14-8-10)5-12-9-3-1-2-4-11-9/h1-4,13H,5-8H2,(H,11,12). The summed E-state index contributed by atoms with van der Waals surface area (Å²) in [6.45, 7) is 2.13. The van der Waals surface area contributed by atoms with Crippen LogP contribution in [0.3, 0.4) is 0 Å². The van der Waals surface area contributed by atoms with Crippen molar-refractivity contribution in [2.24, 2.45) is 5.41 Å². The zero-order valence-corrected chi connectivity index (χ0v) is 7.94. The molecule has 1 aromatic rings. The Balaban J connectivity index is 1.88. The van der Waals surface area contributed by atoms with E-state index in [1.807, 2.05) is 18.2 Å². The average Bonchev–Trinajstić information content (AvgIpc) is 2.19. The molecule has 0 spiro atoms. The lowest BCUT2D eigenvalue weighted by atomic mass is 9.87. The number of hydrogen-bond donors (Lipinski definition) is 2. The van der Waals surface area contributed by atoms with Crippen molar-refractivity contribution in [3.05, 3.63) is 24.4 Å². The number of aliphatic hydroxyl groups excluding tert-OH is 1. The molecule has 0 bridgehead atoms. The molecule has 0 aliphatic carbocycles. The first-order valence-electron chi connectivity index (χ1n) is 4.68. The van der Waals surface area contributed by atoms with Crippen LogP contribution < -0.4 is 5.32 Å². The lowest BCUT2D eigenvalue weighted by Gasteiger charge is -2.39. The quantitative estimate of drug-likeness (QED) is 0.733. The van der Waals surface area contributed by atoms with Crippen LogP contribution >= 0.6 is 0 Å². The summed E-state index contributed by atoms with van der Waals surface area (Å²) in [5.74, 6) is 0.840. The molecule has 1 aliphatic rings. The van der Waals surface area contributed by atoms with Gasteiger partial charge < -0.3 is 15.2 Å². The SMILES string of the molecule is OCC1(CNc2ccccn2)COC1. The van der Waals surface area contributed by atoms with Gasteiger partial charge in [0, 0.05) is 12.7 Å². The molecule has 4 nitrogen and oxygen atoms in total. The molecule has 1 aromatic heterocycles. The third-order valence-electron chi connectivity index (χ3n) is 2.46. The number of rotatable bonds is 4. The van der Waals surface area contributed by atoms with E-state index < -0.39 is 0 Å². The maximum atomic E-state index is 9.17. The van der Waals surface area contributed by atoms with Gasteiger partial charge in [-0.15, -0.1) is 0 Å². The second-order valence-electron chi connectivity index (χ2n) is 3.72. The summed E-state index contributed by atoms with van der Waals surface area (Å²) in [5.41, 5.74) is -0.0997. The van der Waals surface area contributed by atoms with Crippen molar-refractivity contribution in [1.29, 1.82) is 0 Å². The minimum absolute atomic E-state index is 0.0997. The maximum absolute atomic E-state index is 9.17. The predicted molar refractivity (Wildman–Crippen MR) is 53.1 cm³/mol. The maximum Gasteiger partial charge on any atom is 0.125 e. The number of aromatic nitrogens is 1. The highest BCUT2D eigenvalue weighted by Gasteiger charge is 2.37. The van der Waals surface area contributed by atoms with Crippen LogP contribution in [0.25, 0.3) is 0 Å². The lowest BCUT2D eigenvalue weighted by Crippen LogP contribution is -2.50. The molecule has 14 heavy (non-hydrogen) atoms. The Morgan fingerprint density at radius 2 is 2.36 bits per heavy atom. The van der Waals surface area contributed by atoms with Gasteiger partial charge in [-0.25, -0.2) is 4.98 Å². The van der Waals surface area contributed by atoms with E-state index in [0.29, 0.717) is 19.8 Å². The molecular weight excluding hydrogens is 180 g/mol. The Bertz CT molecular complexity index is 280. The van der Waals surface area contributed by atoms with Crippen LogP contribution in [0.15, 0.2) is 24.4 Å². The molecule has 2 rings (SSSR count). The van der Waals surface area contributed by atoms with Gasteiger partial charge in [0.1, 0.15) is 5.82 Å². The van der Waals surface area contributed by atoms with Gasteiger partial charge in [-0.2, -0.15) is 0 Å². The minimum Gasteiger partial charge on any atom is -0.396 e. The first-order chi connectivity index (χ1) is 6.85. The van der Waals surface area contributed by atoms with Gasteiger partial charge in [-0.3, -0.25) is 0 Å². The molecule has 0 aromatic carbocycles. The number of pyridine rings is 1.